The number of methoxy groups -OCH3 is 1. The first-order valence-electron chi connectivity index (χ1n) is 44.0. The number of piperazine rings is 6. The van der Waals surface area contributed by atoms with Crippen LogP contribution in [0.2, 0.25) is 0 Å². The zero-order valence-electron chi connectivity index (χ0n) is 73.4. The van der Waals surface area contributed by atoms with Crippen LogP contribution in [-0.4, -0.2) is 345 Å². The second-order valence-corrected chi connectivity index (χ2v) is 35.9. The molecule has 22 rings (SSSR count). The number of halogens is 2. The van der Waals surface area contributed by atoms with Crippen molar-refractivity contribution in [2.45, 2.75) is 250 Å². The number of nitrogens with zero attached hydrogens (tertiary/aromatic N) is 17. The fourth-order valence-electron chi connectivity index (χ4n) is 19.1. The van der Waals surface area contributed by atoms with Gasteiger partial charge in [0.15, 0.2) is 0 Å². The van der Waals surface area contributed by atoms with Gasteiger partial charge in [0.05, 0.1) is 41.0 Å². The average molecular weight is 1690 g/mol. The highest BCUT2D eigenvalue weighted by atomic mass is 19.3. The Bertz CT molecular complexity index is 4360. The fourth-order valence-corrected chi connectivity index (χ4v) is 19.1. The van der Waals surface area contributed by atoms with Gasteiger partial charge in [-0.05, 0) is 177 Å². The molecule has 12 unspecified atom stereocenters. The van der Waals surface area contributed by atoms with Gasteiger partial charge in [-0.25, -0.2) is 15.0 Å². The first kappa shape index (κ1) is 90.2. The molecule has 31 heteroatoms. The molecule has 12 atom stereocenters. The number of hydrogen-bond acceptors (Lipinski definition) is 22. The van der Waals surface area contributed by atoms with Crippen LogP contribution in [-0.2, 0) is 4.74 Å². The molecule has 1 N–H and O–H groups in total. The van der Waals surface area contributed by atoms with Gasteiger partial charge in [0.25, 0.3) is 35.4 Å². The summed E-state index contributed by atoms with van der Waals surface area (Å²) in [6.07, 6.45) is 18.8. The molecule has 16 aliphatic heterocycles. The molecule has 122 heavy (non-hydrogen) atoms. The van der Waals surface area contributed by atoms with E-state index in [0.717, 1.165) is 123 Å². The maximum absolute atomic E-state index is 12.7. The standard InChI is InChI=1S/C17H25N3O3.C17H25N3O2.C15H19F2N3O2.C14H19N3O2.2C14H19N3O/c1-12(2)19-10-14-8-15(11-19)20(14)17(21)13-4-5-16(18-9-13)23-7-6-22-3;1-4-7-22-16-6-5-13(9-18-16)17(21)20-14-8-15(20)11-19(10-14)12(2)3;1-9(2)19-7-11-5-12(8-19)20(11)14(21)10-3-4-13(18-6-10)22-15(16)17;1-9(2)16-7-11-5-12(8-16)17(11)14(19)10-3-4-13(18)15-6-10;1-10(2)16-8-12-6-13(9-16)17(12)14(18)11-4-3-5-15-7-11;1-10(2)16-8-11-7-12(9-16)17(11)14(18)13-5-3-4-6-15-13/h4-5,9,12,14-15H,6-8,10-11H2,1-3H3;5-6,9,12,14-15H,4,7-8,10-11H2,1-3H3;3-4,6,9,11-12,15H,5,7-8H2,1-2H3;3-4,6,9,11-12H,5,7-8H2,1-2H3,(H,15,18);3-5,7,10,12-13H,6,8-9H2,1-2H3;3-6,10-12H,7-9H2,1-2H3. The van der Waals surface area contributed by atoms with Crippen molar-refractivity contribution in [2.75, 3.05) is 105 Å². The van der Waals surface area contributed by atoms with Crippen molar-refractivity contribution in [2.24, 2.45) is 0 Å². The SMILES string of the molecule is CC(C)N1CC2CC(C1)N2C(=O)c1ccc(=O)[nH]c1.CC(C)N1CC2CC(C1)N2C(=O)c1ccc(OC(F)F)nc1.CC(C)N1CC2CC(C1)N2C(=O)c1ccccn1.CC(C)N1CC2CC(C1)N2C(=O)c1cccnc1.CCCOc1ccc(C(=O)N2C3CC2CN(C(C)C)C3)cn1.COCCOc1ccc(C(=O)N2C3CC2CN(C(C)C)C3)cn1. The van der Waals surface area contributed by atoms with Crippen molar-refractivity contribution >= 4 is 35.4 Å². The maximum atomic E-state index is 12.7. The van der Waals surface area contributed by atoms with Crippen LogP contribution in [0.5, 0.6) is 17.6 Å². The molecule has 16 saturated heterocycles. The van der Waals surface area contributed by atoms with Crippen molar-refractivity contribution < 1.29 is 56.5 Å². The smallest absolute Gasteiger partial charge is 0.388 e. The van der Waals surface area contributed by atoms with Crippen LogP contribution in [0.4, 0.5) is 8.78 Å². The van der Waals surface area contributed by atoms with Gasteiger partial charge in [-0.2, -0.15) is 8.78 Å². The first-order valence-corrected chi connectivity index (χ1v) is 44.0. The number of amides is 6. The number of ether oxygens (including phenoxy) is 4. The highest BCUT2D eigenvalue weighted by Gasteiger charge is 2.53. The van der Waals surface area contributed by atoms with Crippen LogP contribution in [0.15, 0.2) is 127 Å². The quantitative estimate of drug-likeness (QED) is 0.0658. The van der Waals surface area contributed by atoms with E-state index in [1.165, 1.54) is 30.6 Å². The van der Waals surface area contributed by atoms with Gasteiger partial charge in [-0.15, -0.1) is 0 Å². The summed E-state index contributed by atoms with van der Waals surface area (Å²) in [4.78, 5) is 136. The first-order chi connectivity index (χ1) is 58.5. The highest BCUT2D eigenvalue weighted by Crippen LogP contribution is 2.41. The summed E-state index contributed by atoms with van der Waals surface area (Å²) in [5.74, 6) is 1.34. The number of piperidine rings is 6. The Labute approximate surface area is 716 Å². The van der Waals surface area contributed by atoms with Gasteiger partial charge in [-0.3, -0.25) is 72.9 Å². The molecule has 0 radical (unpaired) electrons. The Morgan fingerprint density at radius 1 is 0.369 bits per heavy atom. The number of nitrogens with one attached hydrogen (secondary N) is 1. The lowest BCUT2D eigenvalue weighted by atomic mass is 9.86. The lowest BCUT2D eigenvalue weighted by Gasteiger charge is -2.57. The van der Waals surface area contributed by atoms with Gasteiger partial charge in [0, 0.05) is 262 Å². The summed E-state index contributed by atoms with van der Waals surface area (Å²) in [7, 11) is 1.63. The van der Waals surface area contributed by atoms with E-state index >= 15 is 0 Å². The lowest BCUT2D eigenvalue weighted by molar-refractivity contribution is -0.0568. The van der Waals surface area contributed by atoms with Crippen LogP contribution >= 0.6 is 0 Å². The Balaban J connectivity index is 0.000000126. The number of aromatic nitrogens is 6. The van der Waals surface area contributed by atoms with E-state index in [4.69, 9.17) is 14.2 Å². The zero-order chi connectivity index (χ0) is 86.9. The monoisotopic (exact) mass is 1680 g/mol. The van der Waals surface area contributed by atoms with E-state index < -0.39 is 6.61 Å². The molecular formula is C91H126F2N18O11. The third-order valence-electron chi connectivity index (χ3n) is 26.1. The zero-order valence-corrected chi connectivity index (χ0v) is 73.4. The number of carbonyl (C=O) groups is 6. The second-order valence-electron chi connectivity index (χ2n) is 35.9. The molecule has 22 heterocycles. The van der Waals surface area contributed by atoms with E-state index in [0.29, 0.717) is 162 Å². The Kier molecular flexibility index (Phi) is 29.9. The van der Waals surface area contributed by atoms with Crippen LogP contribution in [0.25, 0.3) is 0 Å². The number of likely N-dealkylation sites (tertiary alicyclic amines) is 4. The summed E-state index contributed by atoms with van der Waals surface area (Å²) in [6, 6.07) is 29.6. The third kappa shape index (κ3) is 20.9. The fraction of sp³-hybridized carbons (Fsp3) is 0.604. The normalized spacial score (nSPS) is 25.4. The maximum Gasteiger partial charge on any atom is 0.388 e. The van der Waals surface area contributed by atoms with E-state index in [2.05, 4.69) is 159 Å². The van der Waals surface area contributed by atoms with E-state index in [1.807, 2.05) is 54.8 Å². The van der Waals surface area contributed by atoms with Crippen molar-refractivity contribution in [1.29, 1.82) is 0 Å². The van der Waals surface area contributed by atoms with Gasteiger partial charge in [0.1, 0.15) is 12.3 Å². The van der Waals surface area contributed by atoms with E-state index in [9.17, 15) is 42.3 Å². The second kappa shape index (κ2) is 40.4. The molecule has 6 amide bonds. The predicted molar refractivity (Wildman–Crippen MR) is 458 cm³/mol. The minimum absolute atomic E-state index is 0.0425. The van der Waals surface area contributed by atoms with Crippen LogP contribution in [0, 0.1) is 0 Å². The summed E-state index contributed by atoms with van der Waals surface area (Å²) in [5, 5.41) is 0. The summed E-state index contributed by atoms with van der Waals surface area (Å²) < 4.78 is 44.2. The van der Waals surface area contributed by atoms with Crippen LogP contribution in [0.1, 0.15) is 197 Å². The number of hydrogen-bond donors (Lipinski definition) is 1. The van der Waals surface area contributed by atoms with E-state index in [-0.39, 0.29) is 59.0 Å². The Morgan fingerprint density at radius 2 is 0.689 bits per heavy atom. The lowest BCUT2D eigenvalue weighted by Crippen LogP contribution is -2.70. The molecule has 12 bridgehead atoms. The molecule has 6 aromatic rings. The van der Waals surface area contributed by atoms with E-state index in [1.54, 1.807) is 68.4 Å². The van der Waals surface area contributed by atoms with Crippen LogP contribution < -0.4 is 19.8 Å². The van der Waals surface area contributed by atoms with Gasteiger partial charge >= 0.3 is 6.61 Å². The topological polar surface area (TPSA) is 276 Å². The molecule has 6 aromatic heterocycles. The minimum Gasteiger partial charge on any atom is -0.478 e. The Morgan fingerprint density at radius 3 is 0.959 bits per heavy atom. The number of H-pyrrole nitrogens is 1. The highest BCUT2D eigenvalue weighted by molar-refractivity contribution is 5.98. The van der Waals surface area contributed by atoms with Gasteiger partial charge in [-0.1, -0.05) is 13.0 Å². The average Bonchev–Trinajstić information content (AvgIpc) is 0.767. The van der Waals surface area contributed by atoms with Crippen molar-refractivity contribution in [3.63, 3.8) is 0 Å². The molecular weight excluding hydrogens is 1560 g/mol. The third-order valence-corrected chi connectivity index (χ3v) is 26.1. The van der Waals surface area contributed by atoms with Crippen molar-refractivity contribution in [1.82, 2.24) is 88.7 Å². The number of alkyl halides is 2. The summed E-state index contributed by atoms with van der Waals surface area (Å²) in [6.45, 7) is 38.9. The molecule has 29 nitrogen and oxygen atoms in total. The van der Waals surface area contributed by atoms with Gasteiger partial charge < -0.3 is 53.3 Å². The van der Waals surface area contributed by atoms with Crippen LogP contribution in [0.3, 0.4) is 0 Å². The molecule has 16 fully saturated rings. The summed E-state index contributed by atoms with van der Waals surface area (Å²) in [5.41, 5.74) is 3.40. The van der Waals surface area contributed by atoms with Gasteiger partial charge in [0.2, 0.25) is 23.2 Å². The van der Waals surface area contributed by atoms with Crippen molar-refractivity contribution in [3.8, 4) is 17.6 Å². The molecule has 0 aromatic carbocycles. The molecule has 16 aliphatic rings. The number of carbonyl (C=O) groups excluding carboxylic acids is 6. The largest absolute Gasteiger partial charge is 0.478 e. The minimum atomic E-state index is -2.91. The molecule has 0 spiro atoms. The number of fused-ring (bicyclic) bond motifs is 12. The number of pyridine rings is 6. The molecule has 0 saturated carbocycles. The van der Waals surface area contributed by atoms with Crippen molar-refractivity contribution in [3.05, 3.63) is 166 Å². The summed E-state index contributed by atoms with van der Waals surface area (Å²) >= 11 is 0. The molecule has 660 valence electrons. The molecule has 0 aliphatic carbocycles. The predicted octanol–water partition coefficient (Wildman–Crippen LogP) is 9.04. The number of aromatic amines is 1. The Hall–Kier alpha value is -9.50. The number of rotatable bonds is 21.